The molecule has 2 aromatic rings. The fraction of sp³-hybridized carbons (Fsp3) is 0.545. The number of nitrogens with zero attached hydrogens (tertiary/aromatic N) is 3. The van der Waals surface area contributed by atoms with Crippen molar-refractivity contribution in [3.05, 3.63) is 40.7 Å². The number of rotatable bonds is 0. The van der Waals surface area contributed by atoms with Gasteiger partial charge in [0.15, 0.2) is 0 Å². The minimum Gasteiger partial charge on any atom is -0.494 e. The highest BCUT2D eigenvalue weighted by Gasteiger charge is 2.37. The first-order chi connectivity index (χ1) is 13.7. The monoisotopic (exact) mass is 381 g/mol. The third-order valence-corrected chi connectivity index (χ3v) is 5.95. The first-order valence-electron chi connectivity index (χ1n) is 10.2. The molecule has 2 atom stereocenters. The Hall–Kier alpha value is -2.36. The molecular formula is C22H27N3O3. The van der Waals surface area contributed by atoms with E-state index < -0.39 is 0 Å². The van der Waals surface area contributed by atoms with Crippen LogP contribution in [0.3, 0.4) is 0 Å². The molecule has 148 valence electrons. The van der Waals surface area contributed by atoms with Gasteiger partial charge in [-0.05, 0) is 55.8 Å². The van der Waals surface area contributed by atoms with E-state index in [1.807, 2.05) is 28.8 Å². The van der Waals surface area contributed by atoms with Crippen LogP contribution in [-0.2, 0) is 11.3 Å². The van der Waals surface area contributed by atoms with E-state index in [4.69, 9.17) is 9.47 Å². The molecule has 1 aromatic heterocycles. The highest BCUT2D eigenvalue weighted by Crippen LogP contribution is 2.33. The maximum absolute atomic E-state index is 12.5. The SMILES string of the molecule is N#CC12CCOCCCCOc3ccc4ccc(=O)n(c4c3)CCN(CC1)C2. The van der Waals surface area contributed by atoms with Gasteiger partial charge in [-0.1, -0.05) is 0 Å². The Balaban J connectivity index is 1.61. The smallest absolute Gasteiger partial charge is 0.251 e. The maximum atomic E-state index is 12.5. The van der Waals surface area contributed by atoms with Crippen molar-refractivity contribution in [3.63, 3.8) is 0 Å². The van der Waals surface area contributed by atoms with Gasteiger partial charge in [0.25, 0.3) is 5.56 Å². The zero-order valence-corrected chi connectivity index (χ0v) is 16.2. The van der Waals surface area contributed by atoms with Crippen molar-refractivity contribution < 1.29 is 9.47 Å². The highest BCUT2D eigenvalue weighted by molar-refractivity contribution is 5.80. The zero-order valence-electron chi connectivity index (χ0n) is 16.2. The summed E-state index contributed by atoms with van der Waals surface area (Å²) in [5.41, 5.74) is 0.582. The van der Waals surface area contributed by atoms with Crippen LogP contribution in [0.2, 0.25) is 0 Å². The van der Waals surface area contributed by atoms with Crippen molar-refractivity contribution in [1.29, 1.82) is 5.26 Å². The van der Waals surface area contributed by atoms with E-state index in [9.17, 15) is 10.1 Å². The predicted molar refractivity (Wildman–Crippen MR) is 107 cm³/mol. The molecule has 0 aliphatic carbocycles. The first-order valence-corrected chi connectivity index (χ1v) is 10.2. The molecule has 28 heavy (non-hydrogen) atoms. The second-order valence-corrected chi connectivity index (χ2v) is 7.88. The van der Waals surface area contributed by atoms with Crippen molar-refractivity contribution in [1.82, 2.24) is 9.47 Å². The van der Waals surface area contributed by atoms with Gasteiger partial charge in [0.2, 0.25) is 0 Å². The third kappa shape index (κ3) is 4.06. The summed E-state index contributed by atoms with van der Waals surface area (Å²) in [6.45, 7) is 4.96. The molecule has 4 bridgehead atoms. The summed E-state index contributed by atoms with van der Waals surface area (Å²) in [4.78, 5) is 14.8. The number of nitriles is 1. The lowest BCUT2D eigenvalue weighted by molar-refractivity contribution is 0.103. The molecule has 0 saturated carbocycles. The number of fused-ring (bicyclic) bond motifs is 3. The normalized spacial score (nSPS) is 26.5. The number of hydrogen-bond acceptors (Lipinski definition) is 5. The van der Waals surface area contributed by atoms with Gasteiger partial charge < -0.3 is 14.0 Å². The van der Waals surface area contributed by atoms with E-state index >= 15 is 0 Å². The fourth-order valence-corrected chi connectivity index (χ4v) is 4.20. The van der Waals surface area contributed by atoms with Crippen LogP contribution < -0.4 is 10.3 Å². The zero-order chi connectivity index (χ0) is 19.4. The van der Waals surface area contributed by atoms with Crippen molar-refractivity contribution in [2.45, 2.75) is 32.2 Å². The third-order valence-electron chi connectivity index (χ3n) is 5.95. The molecule has 1 fully saturated rings. The summed E-state index contributed by atoms with van der Waals surface area (Å²) >= 11 is 0. The van der Waals surface area contributed by atoms with Gasteiger partial charge in [-0.2, -0.15) is 5.26 Å². The van der Waals surface area contributed by atoms with E-state index in [-0.39, 0.29) is 11.0 Å². The van der Waals surface area contributed by atoms with Crippen molar-refractivity contribution in [2.24, 2.45) is 5.41 Å². The number of ether oxygens (including phenoxy) is 2. The van der Waals surface area contributed by atoms with Gasteiger partial charge in [0.05, 0.1) is 23.6 Å². The van der Waals surface area contributed by atoms with Gasteiger partial charge in [-0.3, -0.25) is 9.69 Å². The van der Waals surface area contributed by atoms with Gasteiger partial charge >= 0.3 is 0 Å². The van der Waals surface area contributed by atoms with Crippen LogP contribution in [0.4, 0.5) is 0 Å². The standard InChI is InChI=1S/C22H27N3O3/c23-16-22-7-9-24(17-22)10-11-25-20-15-19(5-3-18(20)4-6-21(25)26)28-13-2-1-12-27-14-8-22/h3-6,15H,1-2,7-14,17H2. The number of hydrogen-bond donors (Lipinski definition) is 0. The lowest BCUT2D eigenvalue weighted by Gasteiger charge is -2.22. The molecule has 3 heterocycles. The first kappa shape index (κ1) is 19.0. The molecule has 0 N–H and O–H groups in total. The van der Waals surface area contributed by atoms with E-state index in [1.54, 1.807) is 6.07 Å². The molecule has 2 unspecified atom stereocenters. The van der Waals surface area contributed by atoms with Crippen molar-refractivity contribution >= 4 is 10.9 Å². The van der Waals surface area contributed by atoms with E-state index in [1.165, 1.54) is 0 Å². The fourth-order valence-electron chi connectivity index (χ4n) is 4.20. The van der Waals surface area contributed by atoms with Gasteiger partial charge in [-0.15, -0.1) is 0 Å². The molecule has 6 heteroatoms. The quantitative estimate of drug-likeness (QED) is 0.702. The van der Waals surface area contributed by atoms with Crippen LogP contribution in [0.1, 0.15) is 25.7 Å². The average Bonchev–Trinajstić information content (AvgIpc) is 3.12. The molecule has 0 amide bonds. The molecule has 1 saturated heterocycles. The summed E-state index contributed by atoms with van der Waals surface area (Å²) in [5.74, 6) is 0.793. The van der Waals surface area contributed by atoms with Crippen LogP contribution in [0.5, 0.6) is 5.75 Å². The molecule has 4 rings (SSSR count). The second kappa shape index (κ2) is 8.34. The maximum Gasteiger partial charge on any atom is 0.251 e. The highest BCUT2D eigenvalue weighted by atomic mass is 16.5. The number of pyridine rings is 1. The van der Waals surface area contributed by atoms with Gasteiger partial charge in [0.1, 0.15) is 5.75 Å². The Kier molecular flexibility index (Phi) is 5.65. The van der Waals surface area contributed by atoms with Crippen LogP contribution in [0, 0.1) is 16.7 Å². The summed E-state index contributed by atoms with van der Waals surface area (Å²) < 4.78 is 13.5. The molecule has 1 aromatic carbocycles. The molecule has 2 aliphatic rings. The molecule has 6 nitrogen and oxygen atoms in total. The number of benzene rings is 1. The Morgan fingerprint density at radius 1 is 1.00 bits per heavy atom. The summed E-state index contributed by atoms with van der Waals surface area (Å²) in [6, 6.07) is 12.0. The van der Waals surface area contributed by atoms with E-state index in [0.29, 0.717) is 26.4 Å². The van der Waals surface area contributed by atoms with Crippen LogP contribution in [0.25, 0.3) is 10.9 Å². The predicted octanol–water partition coefficient (Wildman–Crippen LogP) is 2.80. The van der Waals surface area contributed by atoms with Gasteiger partial charge in [-0.25, -0.2) is 0 Å². The molecule has 2 aliphatic heterocycles. The topological polar surface area (TPSA) is 67.5 Å². The minimum absolute atomic E-state index is 0.00158. The minimum atomic E-state index is -0.325. The second-order valence-electron chi connectivity index (χ2n) is 7.88. The Morgan fingerprint density at radius 2 is 1.86 bits per heavy atom. The van der Waals surface area contributed by atoms with Gasteiger partial charge in [0, 0.05) is 45.0 Å². The summed E-state index contributed by atoms with van der Waals surface area (Å²) in [7, 11) is 0. The van der Waals surface area contributed by atoms with Crippen molar-refractivity contribution in [2.75, 3.05) is 39.5 Å². The molecule has 0 spiro atoms. The summed E-state index contributed by atoms with van der Waals surface area (Å²) in [5, 5.41) is 10.8. The van der Waals surface area contributed by atoms with Crippen LogP contribution in [-0.4, -0.2) is 48.9 Å². The molecule has 0 radical (unpaired) electrons. The van der Waals surface area contributed by atoms with Crippen LogP contribution in [0.15, 0.2) is 35.1 Å². The van der Waals surface area contributed by atoms with Crippen molar-refractivity contribution in [3.8, 4) is 11.8 Å². The Bertz CT molecular complexity index is 933. The largest absolute Gasteiger partial charge is 0.494 e. The van der Waals surface area contributed by atoms with E-state index in [2.05, 4.69) is 11.0 Å². The summed E-state index contributed by atoms with van der Waals surface area (Å²) in [6.07, 6.45) is 3.49. The lowest BCUT2D eigenvalue weighted by Crippen LogP contribution is -2.32. The molecular weight excluding hydrogens is 354 g/mol. The average molecular weight is 381 g/mol. The van der Waals surface area contributed by atoms with E-state index in [0.717, 1.165) is 62.0 Å². The Morgan fingerprint density at radius 3 is 2.75 bits per heavy atom. The lowest BCUT2D eigenvalue weighted by atomic mass is 9.86. The Labute approximate surface area is 165 Å². The number of aromatic nitrogens is 1. The van der Waals surface area contributed by atoms with Crippen LogP contribution >= 0.6 is 0 Å².